The summed E-state index contributed by atoms with van der Waals surface area (Å²) in [5.41, 5.74) is 18.8. The summed E-state index contributed by atoms with van der Waals surface area (Å²) < 4.78 is 0. The lowest BCUT2D eigenvalue weighted by molar-refractivity contribution is 0.506. The van der Waals surface area contributed by atoms with E-state index in [2.05, 4.69) is 86.9 Å². The molecule has 0 aliphatic carbocycles. The summed E-state index contributed by atoms with van der Waals surface area (Å²) in [4.78, 5) is 0. The first-order valence-corrected chi connectivity index (χ1v) is 21.4. The highest BCUT2D eigenvalue weighted by molar-refractivity contribution is 5.65. The van der Waals surface area contributed by atoms with E-state index in [-0.39, 0.29) is 12.1 Å². The Morgan fingerprint density at radius 1 is 0.440 bits per heavy atom. The number of nitrogens with two attached hydrogens (primary N) is 2. The number of unbranched alkanes of at least 4 members (excludes halogenated alkanes) is 16. The molecule has 0 radical (unpaired) electrons. The van der Waals surface area contributed by atoms with Gasteiger partial charge in [-0.05, 0) is 98.8 Å². The minimum Gasteiger partial charge on any atom is -0.327 e. The molecule has 0 bridgehead atoms. The summed E-state index contributed by atoms with van der Waals surface area (Å²) in [6.45, 7) is 13.8. The largest absolute Gasteiger partial charge is 0.327 e. The Morgan fingerprint density at radius 3 is 1.18 bits per heavy atom. The maximum atomic E-state index is 6.73. The molecule has 0 fully saturated rings. The molecule has 2 unspecified atom stereocenters. The lowest BCUT2D eigenvalue weighted by Crippen LogP contribution is -2.24. The van der Waals surface area contributed by atoms with Gasteiger partial charge in [-0.1, -0.05) is 179 Å². The lowest BCUT2D eigenvalue weighted by atomic mass is 9.92. The summed E-state index contributed by atoms with van der Waals surface area (Å²) in [5, 5.41) is 7.12. The van der Waals surface area contributed by atoms with Crippen molar-refractivity contribution >= 4 is 0 Å². The van der Waals surface area contributed by atoms with Crippen molar-refractivity contribution in [1.29, 1.82) is 0 Å². The van der Waals surface area contributed by atoms with Crippen molar-refractivity contribution in [1.82, 2.24) is 10.6 Å². The fourth-order valence-electron chi connectivity index (χ4n) is 7.17. The molecule has 4 heteroatoms. The van der Waals surface area contributed by atoms with Gasteiger partial charge >= 0.3 is 0 Å². The van der Waals surface area contributed by atoms with Crippen LogP contribution in [-0.4, -0.2) is 38.3 Å². The number of nitrogens with one attached hydrogen (secondary N) is 2. The minimum absolute atomic E-state index is 0.221. The van der Waals surface area contributed by atoms with E-state index >= 15 is 0 Å². The Morgan fingerprint density at radius 2 is 0.800 bits per heavy atom. The maximum Gasteiger partial charge on any atom is 0.00793 e. The summed E-state index contributed by atoms with van der Waals surface area (Å²) in [6, 6.07) is 18.4. The molecule has 2 aromatic rings. The van der Waals surface area contributed by atoms with Crippen LogP contribution in [0.2, 0.25) is 0 Å². The molecule has 0 heterocycles. The smallest absolute Gasteiger partial charge is 0.00793 e. The van der Waals surface area contributed by atoms with Crippen molar-refractivity contribution in [2.24, 2.45) is 23.3 Å². The third-order valence-electron chi connectivity index (χ3n) is 10.1. The van der Waals surface area contributed by atoms with Gasteiger partial charge in [-0.25, -0.2) is 0 Å². The molecule has 0 saturated heterocycles. The molecule has 0 aromatic heterocycles. The molecule has 0 amide bonds. The van der Waals surface area contributed by atoms with Gasteiger partial charge in [-0.3, -0.25) is 0 Å². The SMILES string of the molecule is CC(C)CNCCCCCCCCCCCC(N)Cc1cc(CC(N)CCCCCCCCCCCNCC(C)C)cc(-c2ccccc2)c1. The Labute approximate surface area is 311 Å². The van der Waals surface area contributed by atoms with Crippen molar-refractivity contribution in [3.8, 4) is 11.1 Å². The average Bonchev–Trinajstić information content (AvgIpc) is 3.09. The minimum atomic E-state index is 0.221. The van der Waals surface area contributed by atoms with Crippen molar-refractivity contribution in [2.45, 2.75) is 181 Å². The molecule has 50 heavy (non-hydrogen) atoms. The second-order valence-corrected chi connectivity index (χ2v) is 16.5. The van der Waals surface area contributed by atoms with Crippen LogP contribution in [0.5, 0.6) is 0 Å². The van der Waals surface area contributed by atoms with Crippen LogP contribution in [0.25, 0.3) is 11.1 Å². The van der Waals surface area contributed by atoms with E-state index in [1.807, 2.05) is 0 Å². The fraction of sp³-hybridized carbons (Fsp3) is 0.739. The molecule has 2 atom stereocenters. The van der Waals surface area contributed by atoms with Gasteiger partial charge in [-0.15, -0.1) is 0 Å². The Balaban J connectivity index is 1.63. The van der Waals surface area contributed by atoms with E-state index in [9.17, 15) is 0 Å². The number of rotatable bonds is 33. The Bertz CT molecular complexity index is 975. The van der Waals surface area contributed by atoms with E-state index < -0.39 is 0 Å². The standard InChI is InChI=1S/C46H82N4/c1-39(2)37-49-30-24-17-13-9-5-7-11-15-22-28-45(47)35-41-32-42(34-44(33-41)43-26-20-19-21-27-43)36-46(48)29-23-16-12-8-6-10-14-18-25-31-50-38-40(3)4/h19-21,26-27,32-34,39-40,45-46,49-50H,5-18,22-25,28-31,35-38,47-48H2,1-4H3. The fourth-order valence-corrected chi connectivity index (χ4v) is 7.17. The van der Waals surface area contributed by atoms with E-state index in [1.54, 1.807) is 0 Å². The summed E-state index contributed by atoms with van der Waals surface area (Å²) in [6.07, 6.45) is 28.4. The van der Waals surface area contributed by atoms with Crippen molar-refractivity contribution in [3.05, 3.63) is 59.7 Å². The molecule has 6 N–H and O–H groups in total. The van der Waals surface area contributed by atoms with Gasteiger partial charge < -0.3 is 22.1 Å². The number of benzene rings is 2. The number of hydrogen-bond acceptors (Lipinski definition) is 4. The highest BCUT2D eigenvalue weighted by Crippen LogP contribution is 2.25. The van der Waals surface area contributed by atoms with Crippen molar-refractivity contribution < 1.29 is 0 Å². The van der Waals surface area contributed by atoms with Gasteiger partial charge in [0, 0.05) is 12.1 Å². The van der Waals surface area contributed by atoms with E-state index in [0.717, 1.165) is 50.6 Å². The van der Waals surface area contributed by atoms with E-state index in [1.165, 1.54) is 151 Å². The van der Waals surface area contributed by atoms with Gasteiger partial charge in [0.05, 0.1) is 0 Å². The molecule has 2 aromatic carbocycles. The first kappa shape index (κ1) is 44.4. The first-order chi connectivity index (χ1) is 24.3. The van der Waals surface area contributed by atoms with Crippen LogP contribution in [0.4, 0.5) is 0 Å². The predicted molar refractivity (Wildman–Crippen MR) is 223 cm³/mol. The summed E-state index contributed by atoms with van der Waals surface area (Å²) >= 11 is 0. The topological polar surface area (TPSA) is 76.1 Å². The zero-order valence-electron chi connectivity index (χ0n) is 33.5. The monoisotopic (exact) mass is 691 g/mol. The predicted octanol–water partition coefficient (Wildman–Crippen LogP) is 11.4. The van der Waals surface area contributed by atoms with Crippen LogP contribution in [0.15, 0.2) is 48.5 Å². The van der Waals surface area contributed by atoms with Crippen molar-refractivity contribution in [2.75, 3.05) is 26.2 Å². The molecule has 286 valence electrons. The molecular weight excluding hydrogens is 609 g/mol. The van der Waals surface area contributed by atoms with Crippen molar-refractivity contribution in [3.63, 3.8) is 0 Å². The Hall–Kier alpha value is -1.72. The molecular formula is C46H82N4. The average molecular weight is 691 g/mol. The summed E-state index contributed by atoms with van der Waals surface area (Å²) in [7, 11) is 0. The third kappa shape index (κ3) is 24.5. The molecule has 0 saturated carbocycles. The molecule has 4 nitrogen and oxygen atoms in total. The first-order valence-electron chi connectivity index (χ1n) is 21.4. The molecule has 2 rings (SSSR count). The van der Waals surface area contributed by atoms with E-state index in [4.69, 9.17) is 11.5 Å². The molecule has 0 aliphatic rings. The highest BCUT2D eigenvalue weighted by Gasteiger charge is 2.11. The Kier molecular flexibility index (Phi) is 26.5. The van der Waals surface area contributed by atoms with Gasteiger partial charge in [-0.2, -0.15) is 0 Å². The van der Waals surface area contributed by atoms with Gasteiger partial charge in [0.2, 0.25) is 0 Å². The zero-order chi connectivity index (χ0) is 36.1. The molecule has 0 spiro atoms. The van der Waals surface area contributed by atoms with Crippen LogP contribution in [0, 0.1) is 11.8 Å². The van der Waals surface area contributed by atoms with Crippen LogP contribution in [0.3, 0.4) is 0 Å². The summed E-state index contributed by atoms with van der Waals surface area (Å²) in [5.74, 6) is 1.51. The zero-order valence-corrected chi connectivity index (χ0v) is 33.5. The highest BCUT2D eigenvalue weighted by atomic mass is 14.9. The second kappa shape index (κ2) is 29.8. The lowest BCUT2D eigenvalue weighted by Gasteiger charge is -2.17. The normalized spacial score (nSPS) is 13.0. The van der Waals surface area contributed by atoms with Gasteiger partial charge in [0.1, 0.15) is 0 Å². The van der Waals surface area contributed by atoms with Crippen LogP contribution >= 0.6 is 0 Å². The third-order valence-corrected chi connectivity index (χ3v) is 10.1. The van der Waals surface area contributed by atoms with Gasteiger partial charge in [0.15, 0.2) is 0 Å². The van der Waals surface area contributed by atoms with Crippen LogP contribution in [-0.2, 0) is 12.8 Å². The molecule has 0 aliphatic heterocycles. The van der Waals surface area contributed by atoms with E-state index in [0.29, 0.717) is 0 Å². The second-order valence-electron chi connectivity index (χ2n) is 16.5. The number of hydrogen-bond donors (Lipinski definition) is 4. The quantitative estimate of drug-likeness (QED) is 0.0562. The maximum absolute atomic E-state index is 6.73. The van der Waals surface area contributed by atoms with Crippen LogP contribution in [0.1, 0.15) is 167 Å². The van der Waals surface area contributed by atoms with Crippen LogP contribution < -0.4 is 22.1 Å². The van der Waals surface area contributed by atoms with Gasteiger partial charge in [0.25, 0.3) is 0 Å².